The number of ether oxygens (including phenoxy) is 1. The third kappa shape index (κ3) is 6.01. The molecule has 2 aliphatic heterocycles. The standard InChI is InChI=1S/C25H31N3OS/c26-20-29-24-7-8-25-23(18-24)19-28(15-16-30-25)12-4-11-27-13-9-22(10-14-27)17-21-5-2-1-3-6-21/h1-3,5-8,18,22H,4,9-17,19H2. The van der Waals surface area contributed by atoms with E-state index in [4.69, 9.17) is 10.00 Å². The maximum absolute atomic E-state index is 8.77. The van der Waals surface area contributed by atoms with Crippen molar-refractivity contribution in [3.8, 4) is 12.0 Å². The van der Waals surface area contributed by atoms with Gasteiger partial charge in [-0.25, -0.2) is 0 Å². The molecule has 4 rings (SSSR count). The molecule has 30 heavy (non-hydrogen) atoms. The summed E-state index contributed by atoms with van der Waals surface area (Å²) in [5.74, 6) is 2.61. The van der Waals surface area contributed by atoms with E-state index in [9.17, 15) is 0 Å². The molecule has 158 valence electrons. The number of nitriles is 1. The molecule has 0 aliphatic carbocycles. The number of piperidine rings is 1. The second-order valence-corrected chi connectivity index (χ2v) is 9.55. The molecule has 1 fully saturated rings. The highest BCUT2D eigenvalue weighted by Gasteiger charge is 2.20. The molecule has 2 aliphatic rings. The topological polar surface area (TPSA) is 39.5 Å². The number of rotatable bonds is 7. The van der Waals surface area contributed by atoms with E-state index < -0.39 is 0 Å². The molecule has 2 heterocycles. The Morgan fingerprint density at radius 2 is 1.80 bits per heavy atom. The SMILES string of the molecule is N#COc1ccc2c(c1)CN(CCCN1CCC(Cc3ccccc3)CC1)CCS2. The molecule has 0 amide bonds. The van der Waals surface area contributed by atoms with Gasteiger partial charge in [0, 0.05) is 23.7 Å². The monoisotopic (exact) mass is 421 g/mol. The van der Waals surface area contributed by atoms with Crippen LogP contribution in [0.4, 0.5) is 0 Å². The van der Waals surface area contributed by atoms with Gasteiger partial charge >= 0.3 is 0 Å². The van der Waals surface area contributed by atoms with Crippen LogP contribution >= 0.6 is 11.8 Å². The van der Waals surface area contributed by atoms with Gasteiger partial charge in [-0.15, -0.1) is 17.0 Å². The van der Waals surface area contributed by atoms with E-state index in [1.165, 1.54) is 61.3 Å². The van der Waals surface area contributed by atoms with Crippen molar-refractivity contribution in [3.05, 3.63) is 59.7 Å². The molecule has 2 aromatic rings. The van der Waals surface area contributed by atoms with E-state index in [-0.39, 0.29) is 0 Å². The van der Waals surface area contributed by atoms with Gasteiger partial charge in [0.25, 0.3) is 6.26 Å². The van der Waals surface area contributed by atoms with Gasteiger partial charge in [-0.1, -0.05) is 30.3 Å². The molecule has 0 unspecified atom stereocenters. The first-order valence-electron chi connectivity index (χ1n) is 11.1. The van der Waals surface area contributed by atoms with E-state index in [2.05, 4.69) is 46.2 Å². The van der Waals surface area contributed by atoms with Gasteiger partial charge in [0.1, 0.15) is 5.75 Å². The van der Waals surface area contributed by atoms with Gasteiger partial charge in [0.05, 0.1) is 0 Å². The van der Waals surface area contributed by atoms with Gasteiger partial charge in [-0.2, -0.15) is 0 Å². The highest BCUT2D eigenvalue weighted by Crippen LogP contribution is 2.30. The first-order valence-corrected chi connectivity index (χ1v) is 12.1. The van der Waals surface area contributed by atoms with Gasteiger partial charge in [0.15, 0.2) is 0 Å². The van der Waals surface area contributed by atoms with Crippen molar-refractivity contribution in [3.63, 3.8) is 0 Å². The average molecular weight is 422 g/mol. The summed E-state index contributed by atoms with van der Waals surface area (Å²) < 4.78 is 5.03. The number of fused-ring (bicyclic) bond motifs is 1. The fraction of sp³-hybridized carbons (Fsp3) is 0.480. The van der Waals surface area contributed by atoms with Crippen LogP contribution in [0.2, 0.25) is 0 Å². The normalized spacial score (nSPS) is 18.4. The zero-order chi connectivity index (χ0) is 20.6. The molecule has 0 aromatic heterocycles. The van der Waals surface area contributed by atoms with Crippen LogP contribution in [0.1, 0.15) is 30.4 Å². The minimum absolute atomic E-state index is 0.650. The first kappa shape index (κ1) is 21.2. The predicted molar refractivity (Wildman–Crippen MR) is 123 cm³/mol. The molecule has 0 spiro atoms. The fourth-order valence-electron chi connectivity index (χ4n) is 4.61. The van der Waals surface area contributed by atoms with Crippen molar-refractivity contribution in [1.29, 1.82) is 5.26 Å². The second kappa shape index (κ2) is 10.9. The Balaban J connectivity index is 1.19. The Labute approximate surface area is 184 Å². The minimum Gasteiger partial charge on any atom is -0.388 e. The molecule has 0 saturated carbocycles. The van der Waals surface area contributed by atoms with Crippen molar-refractivity contribution in [2.24, 2.45) is 5.92 Å². The van der Waals surface area contributed by atoms with Crippen LogP contribution in [0, 0.1) is 17.4 Å². The van der Waals surface area contributed by atoms with Gasteiger partial charge < -0.3 is 9.64 Å². The number of thioether (sulfide) groups is 1. The molecule has 1 saturated heterocycles. The van der Waals surface area contributed by atoms with Crippen molar-refractivity contribution in [2.45, 2.75) is 37.1 Å². The van der Waals surface area contributed by atoms with E-state index >= 15 is 0 Å². The van der Waals surface area contributed by atoms with Crippen molar-refractivity contribution < 1.29 is 4.74 Å². The lowest BCUT2D eigenvalue weighted by Crippen LogP contribution is -2.36. The second-order valence-electron chi connectivity index (χ2n) is 8.42. The predicted octanol–water partition coefficient (Wildman–Crippen LogP) is 4.80. The maximum atomic E-state index is 8.77. The minimum atomic E-state index is 0.650. The molecule has 4 nitrogen and oxygen atoms in total. The third-order valence-electron chi connectivity index (χ3n) is 6.28. The smallest absolute Gasteiger partial charge is 0.292 e. The molecule has 0 bridgehead atoms. The van der Waals surface area contributed by atoms with Crippen LogP contribution in [0.3, 0.4) is 0 Å². The number of benzene rings is 2. The van der Waals surface area contributed by atoms with Crippen LogP contribution in [-0.2, 0) is 13.0 Å². The van der Waals surface area contributed by atoms with Crippen molar-refractivity contribution in [2.75, 3.05) is 38.5 Å². The number of hydrogen-bond donors (Lipinski definition) is 0. The molecular formula is C25H31N3OS. The zero-order valence-electron chi connectivity index (χ0n) is 17.6. The van der Waals surface area contributed by atoms with Crippen LogP contribution < -0.4 is 4.74 Å². The van der Waals surface area contributed by atoms with E-state index in [1.807, 2.05) is 23.9 Å². The van der Waals surface area contributed by atoms with Gasteiger partial charge in [-0.05, 0) is 87.1 Å². The van der Waals surface area contributed by atoms with E-state index in [0.717, 1.165) is 31.3 Å². The summed E-state index contributed by atoms with van der Waals surface area (Å²) in [6, 6.07) is 17.0. The van der Waals surface area contributed by atoms with Crippen LogP contribution in [-0.4, -0.2) is 48.3 Å². The van der Waals surface area contributed by atoms with Crippen molar-refractivity contribution in [1.82, 2.24) is 9.80 Å². The zero-order valence-corrected chi connectivity index (χ0v) is 18.4. The Hall–Kier alpha value is -2.00. The van der Waals surface area contributed by atoms with E-state index in [0.29, 0.717) is 5.75 Å². The summed E-state index contributed by atoms with van der Waals surface area (Å²) in [4.78, 5) is 6.53. The number of nitrogens with zero attached hydrogens (tertiary/aromatic N) is 3. The van der Waals surface area contributed by atoms with E-state index in [1.54, 1.807) is 6.26 Å². The first-order chi connectivity index (χ1) is 14.8. The Morgan fingerprint density at radius 1 is 1.00 bits per heavy atom. The Morgan fingerprint density at radius 3 is 2.60 bits per heavy atom. The summed E-state index contributed by atoms with van der Waals surface area (Å²) in [5, 5.41) is 8.77. The van der Waals surface area contributed by atoms with Gasteiger partial charge in [0.2, 0.25) is 0 Å². The molecule has 0 radical (unpaired) electrons. The van der Waals surface area contributed by atoms with Crippen LogP contribution in [0.5, 0.6) is 5.75 Å². The summed E-state index contributed by atoms with van der Waals surface area (Å²) in [5.41, 5.74) is 2.77. The maximum Gasteiger partial charge on any atom is 0.292 e. The Bertz CT molecular complexity index is 843. The largest absolute Gasteiger partial charge is 0.388 e. The molecule has 2 aromatic carbocycles. The number of likely N-dealkylation sites (tertiary alicyclic amines) is 1. The summed E-state index contributed by atoms with van der Waals surface area (Å²) >= 11 is 1.91. The molecule has 0 atom stereocenters. The van der Waals surface area contributed by atoms with Crippen molar-refractivity contribution >= 4 is 11.8 Å². The third-order valence-corrected chi connectivity index (χ3v) is 7.37. The molecule has 0 N–H and O–H groups in total. The quantitative estimate of drug-likeness (QED) is 0.601. The number of hydrogen-bond acceptors (Lipinski definition) is 5. The summed E-state index contributed by atoms with van der Waals surface area (Å²) in [6.07, 6.45) is 6.88. The molecular weight excluding hydrogens is 390 g/mol. The summed E-state index contributed by atoms with van der Waals surface area (Å²) in [7, 11) is 0. The highest BCUT2D eigenvalue weighted by atomic mass is 32.2. The Kier molecular flexibility index (Phi) is 7.69. The average Bonchev–Trinajstić information content (AvgIpc) is 2.97. The van der Waals surface area contributed by atoms with Crippen LogP contribution in [0.25, 0.3) is 0 Å². The van der Waals surface area contributed by atoms with Crippen LogP contribution in [0.15, 0.2) is 53.4 Å². The van der Waals surface area contributed by atoms with Gasteiger partial charge in [-0.3, -0.25) is 4.90 Å². The fourth-order valence-corrected chi connectivity index (χ4v) is 5.65. The lowest BCUT2D eigenvalue weighted by molar-refractivity contribution is 0.170. The summed E-state index contributed by atoms with van der Waals surface area (Å²) in [6.45, 7) is 6.88. The highest BCUT2D eigenvalue weighted by molar-refractivity contribution is 7.99. The lowest BCUT2D eigenvalue weighted by Gasteiger charge is -2.32. The molecule has 5 heteroatoms. The lowest BCUT2D eigenvalue weighted by atomic mass is 9.90.